The Morgan fingerprint density at radius 1 is 1.50 bits per heavy atom. The summed E-state index contributed by atoms with van der Waals surface area (Å²) < 4.78 is 4.97. The van der Waals surface area contributed by atoms with Gasteiger partial charge in [-0.1, -0.05) is 6.92 Å². The van der Waals surface area contributed by atoms with Crippen molar-refractivity contribution in [2.75, 3.05) is 13.7 Å². The molecule has 1 atom stereocenters. The number of carbonyl (C=O) groups excluding carboxylic acids is 2. The zero-order valence-electron chi connectivity index (χ0n) is 8.74. The van der Waals surface area contributed by atoms with Crippen molar-refractivity contribution in [3.05, 3.63) is 11.6 Å². The molecule has 2 amide bonds. The van der Waals surface area contributed by atoms with Crippen molar-refractivity contribution in [3.63, 3.8) is 0 Å². The van der Waals surface area contributed by atoms with Crippen LogP contribution in [0.2, 0.25) is 0 Å². The molecule has 14 heavy (non-hydrogen) atoms. The van der Waals surface area contributed by atoms with Crippen molar-refractivity contribution in [1.29, 1.82) is 0 Å². The van der Waals surface area contributed by atoms with Crippen LogP contribution in [-0.4, -0.2) is 36.5 Å². The number of hydrogen-bond acceptors (Lipinski definition) is 3. The molecule has 0 aromatic carbocycles. The highest BCUT2D eigenvalue weighted by Crippen LogP contribution is 2.17. The van der Waals surface area contributed by atoms with Crippen LogP contribution in [0.1, 0.15) is 20.3 Å². The lowest BCUT2D eigenvalue weighted by Crippen LogP contribution is -2.42. The van der Waals surface area contributed by atoms with Crippen molar-refractivity contribution in [2.24, 2.45) is 0 Å². The lowest BCUT2D eigenvalue weighted by atomic mass is 10.2. The van der Waals surface area contributed by atoms with E-state index in [4.69, 9.17) is 4.74 Å². The van der Waals surface area contributed by atoms with Crippen molar-refractivity contribution in [1.82, 2.24) is 4.90 Å². The number of methoxy groups -OCH3 is 1. The summed E-state index contributed by atoms with van der Waals surface area (Å²) in [7, 11) is 1.56. The molecule has 0 radical (unpaired) electrons. The van der Waals surface area contributed by atoms with Crippen LogP contribution in [0.4, 0.5) is 0 Å². The maximum Gasteiger partial charge on any atom is 0.256 e. The molecule has 1 heterocycles. The first-order chi connectivity index (χ1) is 6.61. The molecule has 0 aromatic rings. The fraction of sp³-hybridized carbons (Fsp3) is 0.600. The number of imide groups is 1. The zero-order chi connectivity index (χ0) is 10.7. The van der Waals surface area contributed by atoms with Crippen LogP contribution in [0, 0.1) is 0 Å². The minimum atomic E-state index is -0.226. The second kappa shape index (κ2) is 4.37. The Balaban J connectivity index is 2.78. The van der Waals surface area contributed by atoms with Gasteiger partial charge in [-0.2, -0.15) is 0 Å². The van der Waals surface area contributed by atoms with Crippen molar-refractivity contribution < 1.29 is 14.3 Å². The fourth-order valence-electron chi connectivity index (χ4n) is 1.52. The van der Waals surface area contributed by atoms with Gasteiger partial charge in [0.25, 0.3) is 11.8 Å². The van der Waals surface area contributed by atoms with Gasteiger partial charge in [0.05, 0.1) is 12.6 Å². The Labute approximate surface area is 83.5 Å². The molecule has 0 fully saturated rings. The smallest absolute Gasteiger partial charge is 0.256 e. The first-order valence-corrected chi connectivity index (χ1v) is 4.66. The van der Waals surface area contributed by atoms with Gasteiger partial charge in [0.2, 0.25) is 0 Å². The summed E-state index contributed by atoms with van der Waals surface area (Å²) in [6.07, 6.45) is 2.09. The second-order valence-electron chi connectivity index (χ2n) is 3.36. The number of rotatable bonds is 4. The van der Waals surface area contributed by atoms with Crippen LogP contribution in [0.15, 0.2) is 11.6 Å². The summed E-state index contributed by atoms with van der Waals surface area (Å²) in [5.41, 5.74) is 0.504. The van der Waals surface area contributed by atoms with Crippen LogP contribution in [0.3, 0.4) is 0 Å². The molecule has 4 heteroatoms. The van der Waals surface area contributed by atoms with E-state index in [1.807, 2.05) is 6.92 Å². The average Bonchev–Trinajstić information content (AvgIpc) is 2.39. The largest absolute Gasteiger partial charge is 0.383 e. The number of ether oxygens (including phenoxy) is 1. The van der Waals surface area contributed by atoms with E-state index in [0.717, 1.165) is 0 Å². The highest BCUT2D eigenvalue weighted by atomic mass is 16.5. The van der Waals surface area contributed by atoms with Gasteiger partial charge in [0.15, 0.2) is 0 Å². The topological polar surface area (TPSA) is 46.6 Å². The average molecular weight is 197 g/mol. The lowest BCUT2D eigenvalue weighted by molar-refractivity contribution is -0.141. The lowest BCUT2D eigenvalue weighted by Gasteiger charge is -2.24. The minimum Gasteiger partial charge on any atom is -0.383 e. The fourth-order valence-corrected chi connectivity index (χ4v) is 1.52. The standard InChI is InChI=1S/C10H15NO3/c1-4-8(6-14-3)11-9(12)5-7(2)10(11)13/h5,8H,4,6H2,1-3H3. The highest BCUT2D eigenvalue weighted by molar-refractivity contribution is 6.16. The van der Waals surface area contributed by atoms with Crippen LogP contribution < -0.4 is 0 Å². The summed E-state index contributed by atoms with van der Waals surface area (Å²) in [5.74, 6) is -0.421. The Bertz CT molecular complexity index is 283. The van der Waals surface area contributed by atoms with E-state index in [0.29, 0.717) is 18.6 Å². The predicted molar refractivity (Wildman–Crippen MR) is 51.6 cm³/mol. The van der Waals surface area contributed by atoms with Gasteiger partial charge < -0.3 is 4.74 Å². The third kappa shape index (κ3) is 1.85. The number of amides is 2. The third-order valence-corrected chi connectivity index (χ3v) is 2.33. The van der Waals surface area contributed by atoms with Crippen molar-refractivity contribution in [3.8, 4) is 0 Å². The molecule has 0 aromatic heterocycles. The minimum absolute atomic E-state index is 0.145. The summed E-state index contributed by atoms with van der Waals surface area (Å²) >= 11 is 0. The predicted octanol–water partition coefficient (Wildman–Crippen LogP) is 0.727. The molecule has 1 aliphatic rings. The SMILES string of the molecule is CCC(COC)N1C(=O)C=C(C)C1=O. The second-order valence-corrected chi connectivity index (χ2v) is 3.36. The van der Waals surface area contributed by atoms with Crippen molar-refractivity contribution >= 4 is 11.8 Å². The molecule has 0 bridgehead atoms. The zero-order valence-corrected chi connectivity index (χ0v) is 8.74. The van der Waals surface area contributed by atoms with Gasteiger partial charge in [-0.15, -0.1) is 0 Å². The van der Waals surface area contributed by atoms with Crippen LogP contribution in [0.25, 0.3) is 0 Å². The molecule has 1 rings (SSSR count). The van der Waals surface area contributed by atoms with Crippen LogP contribution >= 0.6 is 0 Å². The normalized spacial score (nSPS) is 18.8. The molecule has 0 N–H and O–H groups in total. The Hall–Kier alpha value is -1.16. The Kier molecular flexibility index (Phi) is 3.41. The van der Waals surface area contributed by atoms with Gasteiger partial charge in [-0.3, -0.25) is 14.5 Å². The molecular formula is C10H15NO3. The maximum absolute atomic E-state index is 11.6. The molecule has 4 nitrogen and oxygen atoms in total. The van der Waals surface area contributed by atoms with E-state index < -0.39 is 0 Å². The van der Waals surface area contributed by atoms with E-state index in [1.54, 1.807) is 14.0 Å². The molecule has 78 valence electrons. The number of hydrogen-bond donors (Lipinski definition) is 0. The third-order valence-electron chi connectivity index (χ3n) is 2.33. The maximum atomic E-state index is 11.6. The molecule has 1 aliphatic heterocycles. The van der Waals surface area contributed by atoms with Gasteiger partial charge in [0, 0.05) is 18.8 Å². The van der Waals surface area contributed by atoms with Gasteiger partial charge in [-0.05, 0) is 13.3 Å². The molecule has 0 saturated carbocycles. The number of nitrogens with zero attached hydrogens (tertiary/aromatic N) is 1. The van der Waals surface area contributed by atoms with E-state index >= 15 is 0 Å². The molecule has 0 aliphatic carbocycles. The summed E-state index contributed by atoms with van der Waals surface area (Å²) in [5, 5.41) is 0. The van der Waals surface area contributed by atoms with Crippen LogP contribution in [-0.2, 0) is 14.3 Å². The van der Waals surface area contributed by atoms with E-state index in [2.05, 4.69) is 0 Å². The van der Waals surface area contributed by atoms with Crippen molar-refractivity contribution in [2.45, 2.75) is 26.3 Å². The van der Waals surface area contributed by atoms with E-state index in [9.17, 15) is 9.59 Å². The van der Waals surface area contributed by atoms with Gasteiger partial charge in [-0.25, -0.2) is 0 Å². The van der Waals surface area contributed by atoms with Crippen LogP contribution in [0.5, 0.6) is 0 Å². The molecule has 0 spiro atoms. The van der Waals surface area contributed by atoms with E-state index in [-0.39, 0.29) is 17.9 Å². The quantitative estimate of drug-likeness (QED) is 0.624. The monoisotopic (exact) mass is 197 g/mol. The van der Waals surface area contributed by atoms with Gasteiger partial charge in [0.1, 0.15) is 0 Å². The summed E-state index contributed by atoms with van der Waals surface area (Å²) in [4.78, 5) is 24.3. The first kappa shape index (κ1) is 10.9. The molecule has 0 saturated heterocycles. The van der Waals surface area contributed by atoms with E-state index in [1.165, 1.54) is 11.0 Å². The number of carbonyl (C=O) groups is 2. The summed E-state index contributed by atoms with van der Waals surface area (Å²) in [6.45, 7) is 3.98. The molecular weight excluding hydrogens is 182 g/mol. The Morgan fingerprint density at radius 3 is 2.50 bits per heavy atom. The first-order valence-electron chi connectivity index (χ1n) is 4.66. The highest BCUT2D eigenvalue weighted by Gasteiger charge is 2.33. The molecule has 1 unspecified atom stereocenters. The summed E-state index contributed by atoms with van der Waals surface area (Å²) in [6, 6.07) is -0.145. The van der Waals surface area contributed by atoms with Gasteiger partial charge >= 0.3 is 0 Å². The Morgan fingerprint density at radius 2 is 2.14 bits per heavy atom.